The lowest BCUT2D eigenvalue weighted by molar-refractivity contribution is -0.138. The van der Waals surface area contributed by atoms with Gasteiger partial charge in [-0.25, -0.2) is 4.98 Å². The Kier molecular flexibility index (Phi) is 4.61. The van der Waals surface area contributed by atoms with Crippen LogP contribution in [0.25, 0.3) is 11.0 Å². The third kappa shape index (κ3) is 3.18. The number of hydrogen-bond donors (Lipinski definition) is 1. The van der Waals surface area contributed by atoms with Crippen LogP contribution in [0, 0.1) is 12.8 Å². The van der Waals surface area contributed by atoms with Crippen LogP contribution in [-0.4, -0.2) is 63.0 Å². The van der Waals surface area contributed by atoms with E-state index in [0.29, 0.717) is 37.4 Å². The first-order valence-electron chi connectivity index (χ1n) is 9.52. The summed E-state index contributed by atoms with van der Waals surface area (Å²) in [7, 11) is 0. The fourth-order valence-corrected chi connectivity index (χ4v) is 4.06. The van der Waals surface area contributed by atoms with Crippen molar-refractivity contribution in [3.63, 3.8) is 0 Å². The van der Waals surface area contributed by atoms with E-state index >= 15 is 0 Å². The Morgan fingerprint density at radius 3 is 2.50 bits per heavy atom. The number of aryl methyl sites for hydroxylation is 1. The van der Waals surface area contributed by atoms with Crippen molar-refractivity contribution in [3.05, 3.63) is 23.5 Å². The number of pyridine rings is 1. The Labute approximate surface area is 152 Å². The predicted molar refractivity (Wildman–Crippen MR) is 97.7 cm³/mol. The number of amides is 2. The summed E-state index contributed by atoms with van der Waals surface area (Å²) < 4.78 is 0. The number of carbonyl (C=O) groups excluding carboxylic acids is 2. The SMILES string of the molecule is Cc1[nH]nc2ncc(C(=O)N3CCN(C(=O)C4CCCCC4)CC3)cc12. The summed E-state index contributed by atoms with van der Waals surface area (Å²) in [5, 5.41) is 7.87. The molecule has 2 aromatic rings. The minimum absolute atomic E-state index is 0.0234. The maximum atomic E-state index is 12.8. The van der Waals surface area contributed by atoms with Gasteiger partial charge in [0.1, 0.15) is 0 Å². The quantitative estimate of drug-likeness (QED) is 0.895. The van der Waals surface area contributed by atoms with Gasteiger partial charge >= 0.3 is 0 Å². The molecular formula is C19H25N5O2. The van der Waals surface area contributed by atoms with Gasteiger partial charge in [-0.3, -0.25) is 14.7 Å². The molecule has 1 aliphatic carbocycles. The summed E-state index contributed by atoms with van der Waals surface area (Å²) >= 11 is 0. The van der Waals surface area contributed by atoms with Gasteiger partial charge in [0.25, 0.3) is 5.91 Å². The van der Waals surface area contributed by atoms with Crippen molar-refractivity contribution in [2.45, 2.75) is 39.0 Å². The number of nitrogens with one attached hydrogen (secondary N) is 1. The van der Waals surface area contributed by atoms with Crippen LogP contribution in [0.15, 0.2) is 12.3 Å². The summed E-state index contributed by atoms with van der Waals surface area (Å²) in [6.07, 6.45) is 7.21. The average molecular weight is 355 g/mol. The Hall–Kier alpha value is -2.44. The number of hydrogen-bond acceptors (Lipinski definition) is 4. The number of rotatable bonds is 2. The number of H-pyrrole nitrogens is 1. The van der Waals surface area contributed by atoms with Gasteiger partial charge < -0.3 is 9.80 Å². The number of carbonyl (C=O) groups is 2. The minimum atomic E-state index is -0.0234. The number of nitrogens with zero attached hydrogens (tertiary/aromatic N) is 4. The lowest BCUT2D eigenvalue weighted by Gasteiger charge is -2.37. The molecule has 0 unspecified atom stereocenters. The van der Waals surface area contributed by atoms with Gasteiger partial charge in [-0.05, 0) is 25.8 Å². The van der Waals surface area contributed by atoms with E-state index in [4.69, 9.17) is 0 Å². The fraction of sp³-hybridized carbons (Fsp3) is 0.579. The summed E-state index contributed by atoms with van der Waals surface area (Å²) in [6.45, 7) is 4.34. The van der Waals surface area contributed by atoms with Crippen LogP contribution >= 0.6 is 0 Å². The number of fused-ring (bicyclic) bond motifs is 1. The first-order valence-corrected chi connectivity index (χ1v) is 9.52. The van der Waals surface area contributed by atoms with E-state index in [1.807, 2.05) is 22.8 Å². The van der Waals surface area contributed by atoms with Gasteiger partial charge in [0.05, 0.1) is 5.56 Å². The van der Waals surface area contributed by atoms with E-state index in [0.717, 1.165) is 36.8 Å². The molecule has 7 heteroatoms. The number of piperazine rings is 1. The van der Waals surface area contributed by atoms with E-state index in [2.05, 4.69) is 15.2 Å². The zero-order valence-electron chi connectivity index (χ0n) is 15.2. The largest absolute Gasteiger partial charge is 0.339 e. The van der Waals surface area contributed by atoms with Crippen molar-refractivity contribution in [3.8, 4) is 0 Å². The monoisotopic (exact) mass is 355 g/mol. The molecular weight excluding hydrogens is 330 g/mol. The zero-order chi connectivity index (χ0) is 18.1. The molecule has 0 aromatic carbocycles. The van der Waals surface area contributed by atoms with Crippen molar-refractivity contribution >= 4 is 22.8 Å². The molecule has 0 bridgehead atoms. The highest BCUT2D eigenvalue weighted by Gasteiger charge is 2.30. The maximum Gasteiger partial charge on any atom is 0.255 e. The van der Waals surface area contributed by atoms with Crippen LogP contribution in [0.3, 0.4) is 0 Å². The molecule has 2 aliphatic rings. The molecule has 2 fully saturated rings. The van der Waals surface area contributed by atoms with Gasteiger partial charge in [-0.2, -0.15) is 5.10 Å². The molecule has 0 spiro atoms. The predicted octanol–water partition coefficient (Wildman–Crippen LogP) is 2.13. The molecule has 3 heterocycles. The Morgan fingerprint density at radius 2 is 1.77 bits per heavy atom. The van der Waals surface area contributed by atoms with Crippen LogP contribution in [0.2, 0.25) is 0 Å². The van der Waals surface area contributed by atoms with Gasteiger partial charge in [0.15, 0.2) is 5.65 Å². The lowest BCUT2D eigenvalue weighted by atomic mass is 9.88. The minimum Gasteiger partial charge on any atom is -0.339 e. The molecule has 1 saturated carbocycles. The first kappa shape index (κ1) is 17.0. The fourth-order valence-electron chi connectivity index (χ4n) is 4.06. The lowest BCUT2D eigenvalue weighted by Crippen LogP contribution is -2.52. The second-order valence-electron chi connectivity index (χ2n) is 7.40. The van der Waals surface area contributed by atoms with E-state index < -0.39 is 0 Å². The molecule has 7 nitrogen and oxygen atoms in total. The van der Waals surface area contributed by atoms with Crippen LogP contribution in [0.1, 0.15) is 48.2 Å². The second-order valence-corrected chi connectivity index (χ2v) is 7.40. The third-order valence-corrected chi connectivity index (χ3v) is 5.68. The zero-order valence-corrected chi connectivity index (χ0v) is 15.2. The molecule has 26 heavy (non-hydrogen) atoms. The van der Waals surface area contributed by atoms with Gasteiger partial charge in [-0.15, -0.1) is 0 Å². The van der Waals surface area contributed by atoms with Crippen molar-refractivity contribution < 1.29 is 9.59 Å². The van der Waals surface area contributed by atoms with Crippen molar-refractivity contribution in [2.24, 2.45) is 5.92 Å². The molecule has 0 atom stereocenters. The van der Waals surface area contributed by atoms with E-state index in [1.54, 1.807) is 6.20 Å². The Morgan fingerprint density at radius 1 is 1.08 bits per heavy atom. The van der Waals surface area contributed by atoms with E-state index in [1.165, 1.54) is 6.42 Å². The van der Waals surface area contributed by atoms with E-state index in [9.17, 15) is 9.59 Å². The highest BCUT2D eigenvalue weighted by atomic mass is 16.2. The van der Waals surface area contributed by atoms with Crippen LogP contribution in [0.5, 0.6) is 0 Å². The standard InChI is InChI=1S/C19H25N5O2/c1-13-16-11-15(12-20-17(16)22-21-13)19(26)24-9-7-23(8-10-24)18(25)14-5-3-2-4-6-14/h11-12,14H,2-10H2,1H3,(H,20,21,22). The van der Waals surface area contributed by atoms with Gasteiger partial charge in [-0.1, -0.05) is 19.3 Å². The second kappa shape index (κ2) is 7.05. The van der Waals surface area contributed by atoms with Gasteiger partial charge in [0.2, 0.25) is 5.91 Å². The van der Waals surface area contributed by atoms with E-state index in [-0.39, 0.29) is 17.7 Å². The smallest absolute Gasteiger partial charge is 0.255 e. The molecule has 2 amide bonds. The molecule has 1 N–H and O–H groups in total. The van der Waals surface area contributed by atoms with Gasteiger partial charge in [0, 0.05) is 49.4 Å². The molecule has 2 aromatic heterocycles. The average Bonchev–Trinajstić information content (AvgIpc) is 3.08. The Bertz CT molecular complexity index is 816. The number of aromatic nitrogens is 3. The molecule has 4 rings (SSSR count). The van der Waals surface area contributed by atoms with Crippen LogP contribution in [-0.2, 0) is 4.79 Å². The molecule has 0 radical (unpaired) electrons. The first-order chi connectivity index (χ1) is 12.6. The highest BCUT2D eigenvalue weighted by molar-refractivity contribution is 5.97. The summed E-state index contributed by atoms with van der Waals surface area (Å²) in [4.78, 5) is 33.5. The molecule has 138 valence electrons. The molecule has 1 saturated heterocycles. The number of aromatic amines is 1. The highest BCUT2D eigenvalue weighted by Crippen LogP contribution is 2.26. The Balaban J connectivity index is 1.39. The van der Waals surface area contributed by atoms with Crippen molar-refractivity contribution in [1.29, 1.82) is 0 Å². The molecule has 1 aliphatic heterocycles. The van der Waals surface area contributed by atoms with Crippen LogP contribution < -0.4 is 0 Å². The summed E-state index contributed by atoms with van der Waals surface area (Å²) in [6, 6.07) is 1.85. The maximum absolute atomic E-state index is 12.8. The topological polar surface area (TPSA) is 82.2 Å². The van der Waals surface area contributed by atoms with Crippen LogP contribution in [0.4, 0.5) is 0 Å². The third-order valence-electron chi connectivity index (χ3n) is 5.68. The van der Waals surface area contributed by atoms with Crippen molar-refractivity contribution in [1.82, 2.24) is 25.0 Å². The summed E-state index contributed by atoms with van der Waals surface area (Å²) in [5.41, 5.74) is 2.11. The summed E-state index contributed by atoms with van der Waals surface area (Å²) in [5.74, 6) is 0.459. The normalized spacial score (nSPS) is 19.1. The van der Waals surface area contributed by atoms with Crippen molar-refractivity contribution in [2.75, 3.05) is 26.2 Å².